The number of carbonyl (C=O) groups excluding carboxylic acids is 2. The Labute approximate surface area is 248 Å². The van der Waals surface area contributed by atoms with Gasteiger partial charge in [-0.15, -0.1) is 0 Å². The fourth-order valence-corrected chi connectivity index (χ4v) is 5.56. The number of dihydropyridines is 1. The highest BCUT2D eigenvalue weighted by atomic mass is 19.1. The van der Waals surface area contributed by atoms with Crippen molar-refractivity contribution in [1.82, 2.24) is 15.5 Å². The molecular formula is C30H37F3N4O6. The number of carbonyl (C=O) groups is 2. The number of esters is 1. The Morgan fingerprint density at radius 1 is 1.19 bits per heavy atom. The lowest BCUT2D eigenvalue weighted by Gasteiger charge is -2.45. The molecule has 0 bridgehead atoms. The zero-order valence-electron chi connectivity index (χ0n) is 24.7. The van der Waals surface area contributed by atoms with Crippen LogP contribution in [0.15, 0.2) is 53.3 Å². The Balaban J connectivity index is 1.27. The maximum absolute atomic E-state index is 15.6. The number of halogens is 3. The monoisotopic (exact) mass is 606 g/mol. The molecule has 2 N–H and O–H groups in total. The molecule has 2 saturated heterocycles. The topological polar surface area (TPSA) is 102 Å². The number of hydrogen-bond acceptors (Lipinski definition) is 9. The molecule has 5 rings (SSSR count). The first-order chi connectivity index (χ1) is 20.4. The van der Waals surface area contributed by atoms with E-state index in [0.717, 1.165) is 12.1 Å². The molecule has 4 aliphatic heterocycles. The minimum atomic E-state index is -0.852. The van der Waals surface area contributed by atoms with Crippen LogP contribution in [0.4, 0.5) is 23.7 Å². The van der Waals surface area contributed by atoms with Crippen molar-refractivity contribution in [3.8, 4) is 0 Å². The molecule has 0 aliphatic carbocycles. The largest absolute Gasteiger partial charge is 0.463 e. The molecule has 1 aromatic rings. The third-order valence-corrected chi connectivity index (χ3v) is 7.48. The predicted molar refractivity (Wildman–Crippen MR) is 150 cm³/mol. The van der Waals surface area contributed by atoms with E-state index in [1.165, 1.54) is 23.2 Å². The number of alkyl carbamates (subject to hydrolysis) is 1. The molecule has 2 atom stereocenters. The molecule has 4 aliphatic rings. The lowest BCUT2D eigenvalue weighted by Crippen LogP contribution is -2.54. The highest BCUT2D eigenvalue weighted by molar-refractivity contribution is 5.90. The van der Waals surface area contributed by atoms with Crippen molar-refractivity contribution in [1.29, 1.82) is 0 Å². The Morgan fingerprint density at radius 2 is 1.93 bits per heavy atom. The lowest BCUT2D eigenvalue weighted by molar-refractivity contribution is -0.192. The van der Waals surface area contributed by atoms with Gasteiger partial charge in [0, 0.05) is 51.2 Å². The first-order valence-corrected chi connectivity index (χ1v) is 14.4. The summed E-state index contributed by atoms with van der Waals surface area (Å²) in [7, 11) is 0. The van der Waals surface area contributed by atoms with Crippen LogP contribution in [-0.2, 0) is 23.7 Å². The SMILES string of the molecule is CCOC(=O)C1=CN(c2ccc(F)cc2F)C2NC(N3CCC4(CC3)OCC(CNC(=O)OC(C)(C)C)O4)=C(F)C=C2C1. The van der Waals surface area contributed by atoms with Gasteiger partial charge in [0.05, 0.1) is 24.5 Å². The van der Waals surface area contributed by atoms with Crippen molar-refractivity contribution < 1.29 is 41.7 Å². The van der Waals surface area contributed by atoms with Crippen LogP contribution in [0.25, 0.3) is 0 Å². The number of nitrogens with zero attached hydrogens (tertiary/aromatic N) is 2. The Kier molecular flexibility index (Phi) is 8.66. The number of fused-ring (bicyclic) bond motifs is 1. The number of rotatable bonds is 6. The van der Waals surface area contributed by atoms with Gasteiger partial charge in [0.2, 0.25) is 0 Å². The molecule has 1 aromatic carbocycles. The number of likely N-dealkylation sites (tertiary alicyclic amines) is 1. The van der Waals surface area contributed by atoms with Gasteiger partial charge < -0.3 is 39.4 Å². The molecule has 234 valence electrons. The van der Waals surface area contributed by atoms with E-state index in [-0.39, 0.29) is 42.8 Å². The van der Waals surface area contributed by atoms with Crippen LogP contribution in [0, 0.1) is 11.6 Å². The van der Waals surface area contributed by atoms with Gasteiger partial charge in [-0.2, -0.15) is 0 Å². The van der Waals surface area contributed by atoms with Gasteiger partial charge in [-0.25, -0.2) is 22.8 Å². The zero-order chi connectivity index (χ0) is 30.9. The van der Waals surface area contributed by atoms with E-state index in [4.69, 9.17) is 18.9 Å². The summed E-state index contributed by atoms with van der Waals surface area (Å²) in [6, 6.07) is 3.15. The van der Waals surface area contributed by atoms with E-state index >= 15 is 4.39 Å². The van der Waals surface area contributed by atoms with E-state index in [0.29, 0.717) is 38.1 Å². The van der Waals surface area contributed by atoms with Crippen molar-refractivity contribution in [2.24, 2.45) is 0 Å². The standard InChI is InChI=1S/C30H37F3N4O6/c1-5-40-27(38)19-12-18-13-23(33)26(35-25(18)37(16-19)24-7-6-20(31)14-22(24)32)36-10-8-30(9-11-36)41-17-21(42-30)15-34-28(39)43-29(2,3)4/h6-7,13-14,16,21,25,35H,5,8-12,15,17H2,1-4H3,(H,34,39). The summed E-state index contributed by atoms with van der Waals surface area (Å²) >= 11 is 0. The number of hydrogen-bond donors (Lipinski definition) is 2. The van der Waals surface area contributed by atoms with E-state index in [2.05, 4.69) is 10.6 Å². The van der Waals surface area contributed by atoms with Crippen LogP contribution >= 0.6 is 0 Å². The molecule has 13 heteroatoms. The minimum Gasteiger partial charge on any atom is -0.463 e. The lowest BCUT2D eigenvalue weighted by atomic mass is 9.95. The summed E-state index contributed by atoms with van der Waals surface area (Å²) in [5.41, 5.74) is 0.118. The van der Waals surface area contributed by atoms with Gasteiger partial charge in [0.25, 0.3) is 0 Å². The quantitative estimate of drug-likeness (QED) is 0.458. The maximum atomic E-state index is 15.6. The number of allylic oxidation sites excluding steroid dienone is 2. The van der Waals surface area contributed by atoms with Crippen LogP contribution < -0.4 is 15.5 Å². The summed E-state index contributed by atoms with van der Waals surface area (Å²) in [5, 5.41) is 5.89. The summed E-state index contributed by atoms with van der Waals surface area (Å²) in [6.45, 7) is 8.48. The number of anilines is 1. The van der Waals surface area contributed by atoms with Crippen LogP contribution in [0.2, 0.25) is 0 Å². The van der Waals surface area contributed by atoms with Crippen LogP contribution in [0.3, 0.4) is 0 Å². The highest BCUT2D eigenvalue weighted by Crippen LogP contribution is 2.39. The van der Waals surface area contributed by atoms with E-state index in [9.17, 15) is 18.4 Å². The van der Waals surface area contributed by atoms with Crippen molar-refractivity contribution in [2.75, 3.05) is 37.7 Å². The second-order valence-electron chi connectivity index (χ2n) is 11.8. The Hall–Kier alpha value is -3.71. The van der Waals surface area contributed by atoms with Crippen LogP contribution in [0.1, 0.15) is 47.0 Å². The molecule has 0 saturated carbocycles. The van der Waals surface area contributed by atoms with Gasteiger partial charge in [-0.05, 0) is 51.5 Å². The average Bonchev–Trinajstić information content (AvgIpc) is 3.33. The summed E-state index contributed by atoms with van der Waals surface area (Å²) < 4.78 is 66.8. The molecule has 1 spiro atoms. The molecular weight excluding hydrogens is 569 g/mol. The molecule has 4 heterocycles. The number of amides is 1. The second-order valence-corrected chi connectivity index (χ2v) is 11.8. The van der Waals surface area contributed by atoms with Crippen LogP contribution in [-0.4, -0.2) is 73.5 Å². The van der Waals surface area contributed by atoms with E-state index < -0.39 is 47.1 Å². The fraction of sp³-hybridized carbons (Fsp3) is 0.533. The van der Waals surface area contributed by atoms with Crippen molar-refractivity contribution >= 4 is 17.7 Å². The van der Waals surface area contributed by atoms with E-state index in [1.54, 1.807) is 27.7 Å². The average molecular weight is 607 g/mol. The van der Waals surface area contributed by atoms with E-state index in [1.807, 2.05) is 4.90 Å². The smallest absolute Gasteiger partial charge is 0.407 e. The normalized spacial score (nSPS) is 23.3. The van der Waals surface area contributed by atoms with Crippen molar-refractivity contribution in [3.05, 3.63) is 64.9 Å². The van der Waals surface area contributed by atoms with Gasteiger partial charge in [-0.1, -0.05) is 0 Å². The molecule has 0 aromatic heterocycles. The van der Waals surface area contributed by atoms with Crippen molar-refractivity contribution in [2.45, 2.75) is 70.6 Å². The van der Waals surface area contributed by atoms with Crippen molar-refractivity contribution in [3.63, 3.8) is 0 Å². The molecule has 1 amide bonds. The highest BCUT2D eigenvalue weighted by Gasteiger charge is 2.45. The van der Waals surface area contributed by atoms with Gasteiger partial charge in [0.1, 0.15) is 35.3 Å². The number of ether oxygens (including phenoxy) is 4. The van der Waals surface area contributed by atoms with Gasteiger partial charge in [0.15, 0.2) is 11.6 Å². The Morgan fingerprint density at radius 3 is 2.60 bits per heavy atom. The number of benzene rings is 1. The second kappa shape index (κ2) is 12.1. The first-order valence-electron chi connectivity index (χ1n) is 14.4. The fourth-order valence-electron chi connectivity index (χ4n) is 5.56. The Bertz CT molecular complexity index is 1350. The summed E-state index contributed by atoms with van der Waals surface area (Å²) in [6.07, 6.45) is 2.17. The zero-order valence-corrected chi connectivity index (χ0v) is 24.7. The molecule has 43 heavy (non-hydrogen) atoms. The first kappa shape index (κ1) is 30.7. The maximum Gasteiger partial charge on any atom is 0.407 e. The van der Waals surface area contributed by atoms with Gasteiger partial charge >= 0.3 is 12.1 Å². The minimum absolute atomic E-state index is 0.0179. The van der Waals surface area contributed by atoms with Gasteiger partial charge in [-0.3, -0.25) is 0 Å². The summed E-state index contributed by atoms with van der Waals surface area (Å²) in [5.74, 6) is -3.33. The molecule has 10 nitrogen and oxygen atoms in total. The molecule has 2 fully saturated rings. The molecule has 0 radical (unpaired) electrons. The third-order valence-electron chi connectivity index (χ3n) is 7.48. The summed E-state index contributed by atoms with van der Waals surface area (Å²) in [4.78, 5) is 27.9. The third kappa shape index (κ3) is 6.93. The molecule has 2 unspecified atom stereocenters. The predicted octanol–water partition coefficient (Wildman–Crippen LogP) is 4.35. The number of piperidine rings is 1. The number of nitrogens with one attached hydrogen (secondary N) is 2. The van der Waals surface area contributed by atoms with Crippen LogP contribution in [0.5, 0.6) is 0 Å².